The first-order valence-corrected chi connectivity index (χ1v) is 3.33. The maximum absolute atomic E-state index is 11.8. The van der Waals surface area contributed by atoms with Crippen LogP contribution in [0.4, 0.5) is 26.3 Å². The van der Waals surface area contributed by atoms with E-state index in [0.29, 0.717) is 0 Å². The Kier molecular flexibility index (Phi) is 3.37. The Balaban J connectivity index is 4.13. The third-order valence-electron chi connectivity index (χ3n) is 0.506. The highest BCUT2D eigenvalue weighted by molar-refractivity contribution is 8.01. The lowest BCUT2D eigenvalue weighted by Gasteiger charge is -2.16. The van der Waals surface area contributed by atoms with E-state index < -0.39 is 28.2 Å². The molecule has 0 amide bonds. The van der Waals surface area contributed by atoms with Crippen molar-refractivity contribution in [2.75, 3.05) is 0 Å². The molecule has 0 aromatic carbocycles. The van der Waals surface area contributed by atoms with Crippen LogP contribution in [-0.4, -0.2) is 16.4 Å². The molecule has 0 rings (SSSR count). The van der Waals surface area contributed by atoms with E-state index in [1.54, 1.807) is 0 Å². The molecule has 0 aromatic rings. The Hall–Kier alpha value is 0.220. The molecule has 0 aliphatic carbocycles. The van der Waals surface area contributed by atoms with Gasteiger partial charge in [-0.15, -0.1) is 0 Å². The molecule has 1 unspecified atom stereocenters. The highest BCUT2D eigenvalue weighted by Gasteiger charge is 2.50. The van der Waals surface area contributed by atoms with Crippen LogP contribution in [0.1, 0.15) is 0 Å². The lowest BCUT2D eigenvalue weighted by atomic mass is 10.8. The number of halogens is 7. The summed E-state index contributed by atoms with van der Waals surface area (Å²) in [5.74, 6) is 0. The van der Waals surface area contributed by atoms with Crippen LogP contribution in [0.2, 0.25) is 0 Å². The quantitative estimate of drug-likeness (QED) is 0.506. The van der Waals surface area contributed by atoms with E-state index in [9.17, 15) is 26.3 Å². The van der Waals surface area contributed by atoms with Gasteiger partial charge in [0.1, 0.15) is 0 Å². The first kappa shape index (κ1) is 11.2. The molecule has 8 heteroatoms. The average molecular weight is 219 g/mol. The summed E-state index contributed by atoms with van der Waals surface area (Å²) in [6, 6.07) is 0. The van der Waals surface area contributed by atoms with Gasteiger partial charge in [-0.1, -0.05) is 11.6 Å². The van der Waals surface area contributed by atoms with Gasteiger partial charge in [-0.3, -0.25) is 0 Å². The fourth-order valence-electron chi connectivity index (χ4n) is 0.199. The number of alkyl halides is 7. The zero-order chi connectivity index (χ0) is 9.28. The molecule has 0 bridgehead atoms. The zero-order valence-corrected chi connectivity index (χ0v) is 6.20. The number of thioether (sulfide) groups is 1. The van der Waals surface area contributed by atoms with Gasteiger partial charge in [0.25, 0.3) is 0 Å². The first-order valence-electron chi connectivity index (χ1n) is 2.08. The Labute approximate surface area is 66.9 Å². The zero-order valence-electron chi connectivity index (χ0n) is 4.63. The van der Waals surface area contributed by atoms with E-state index in [1.807, 2.05) is 0 Å². The van der Waals surface area contributed by atoms with Crippen LogP contribution < -0.4 is 0 Å². The summed E-state index contributed by atoms with van der Waals surface area (Å²) in [7, 11) is 0. The van der Waals surface area contributed by atoms with Crippen LogP contribution in [0.3, 0.4) is 0 Å². The normalized spacial score (nSPS) is 16.6. The second-order valence-electron chi connectivity index (χ2n) is 1.41. The van der Waals surface area contributed by atoms with E-state index in [0.717, 1.165) is 0 Å². The van der Waals surface area contributed by atoms with Crippen LogP contribution >= 0.6 is 23.4 Å². The molecule has 0 radical (unpaired) electrons. The lowest BCUT2D eigenvalue weighted by Crippen LogP contribution is -2.25. The average Bonchev–Trinajstić information content (AvgIpc) is 1.56. The van der Waals surface area contributed by atoms with Crippen molar-refractivity contribution in [2.45, 2.75) is 16.4 Å². The van der Waals surface area contributed by atoms with Crippen LogP contribution in [0, 0.1) is 0 Å². The van der Waals surface area contributed by atoms with Crippen molar-refractivity contribution in [1.82, 2.24) is 0 Å². The van der Waals surface area contributed by atoms with Gasteiger partial charge in [0.2, 0.25) is 5.63 Å². The first-order chi connectivity index (χ1) is 4.65. The molecular weight excluding hydrogens is 218 g/mol. The maximum atomic E-state index is 11.8. The molecule has 0 saturated carbocycles. The van der Waals surface area contributed by atoms with Crippen LogP contribution in [0.15, 0.2) is 0 Å². The van der Waals surface area contributed by atoms with Crippen LogP contribution in [-0.2, 0) is 0 Å². The van der Waals surface area contributed by atoms with E-state index in [-0.39, 0.29) is 0 Å². The molecule has 0 nitrogen and oxygen atoms in total. The molecule has 0 aliphatic heterocycles. The van der Waals surface area contributed by atoms with Crippen molar-refractivity contribution in [2.24, 2.45) is 0 Å². The SMILES string of the molecule is FC(Cl)C(F)(F)SC(F)(F)F. The lowest BCUT2D eigenvalue weighted by molar-refractivity contribution is -0.0453. The second-order valence-corrected chi connectivity index (χ2v) is 3.00. The summed E-state index contributed by atoms with van der Waals surface area (Å²) >= 11 is 2.36. The smallest absolute Gasteiger partial charge is 0.222 e. The van der Waals surface area contributed by atoms with Crippen molar-refractivity contribution < 1.29 is 26.3 Å². The van der Waals surface area contributed by atoms with Crippen molar-refractivity contribution in [3.8, 4) is 0 Å². The molecule has 11 heavy (non-hydrogen) atoms. The summed E-state index contributed by atoms with van der Waals surface area (Å²) in [5.41, 5.74) is -8.53. The van der Waals surface area contributed by atoms with Crippen LogP contribution in [0.5, 0.6) is 0 Å². The van der Waals surface area contributed by atoms with E-state index >= 15 is 0 Å². The molecule has 0 fully saturated rings. The molecule has 1 atom stereocenters. The van der Waals surface area contributed by atoms with Gasteiger partial charge in [0.15, 0.2) is 0 Å². The van der Waals surface area contributed by atoms with E-state index in [4.69, 9.17) is 0 Å². The van der Waals surface area contributed by atoms with Gasteiger partial charge >= 0.3 is 10.8 Å². The fraction of sp³-hybridized carbons (Fsp3) is 1.00. The molecule has 68 valence electrons. The molecule has 0 N–H and O–H groups in total. The molecule has 0 aliphatic rings. The summed E-state index contributed by atoms with van der Waals surface area (Å²) in [4.78, 5) is 0. The van der Waals surface area contributed by atoms with Crippen molar-refractivity contribution in [1.29, 1.82) is 0 Å². The molecule has 0 aromatic heterocycles. The summed E-state index contributed by atoms with van der Waals surface area (Å²) in [6.07, 6.45) is 0. The predicted molar refractivity (Wildman–Crippen MR) is 29.3 cm³/mol. The number of hydrogen-bond donors (Lipinski definition) is 0. The third-order valence-corrected chi connectivity index (χ3v) is 1.62. The van der Waals surface area contributed by atoms with Crippen LogP contribution in [0.25, 0.3) is 0 Å². The maximum Gasteiger partial charge on any atom is 0.447 e. The number of hydrogen-bond acceptors (Lipinski definition) is 1. The largest absolute Gasteiger partial charge is 0.447 e. The monoisotopic (exact) mass is 218 g/mol. The minimum absolute atomic E-state index is 1.77. The van der Waals surface area contributed by atoms with Gasteiger partial charge in [0.05, 0.1) is 0 Å². The van der Waals surface area contributed by atoms with Crippen molar-refractivity contribution in [3.05, 3.63) is 0 Å². The summed E-state index contributed by atoms with van der Waals surface area (Å²) < 4.78 is 68.6. The molecular formula is C3HClF6S. The minimum Gasteiger partial charge on any atom is -0.222 e. The van der Waals surface area contributed by atoms with E-state index in [2.05, 4.69) is 11.6 Å². The van der Waals surface area contributed by atoms with Gasteiger partial charge < -0.3 is 0 Å². The van der Waals surface area contributed by atoms with Gasteiger partial charge in [-0.2, -0.15) is 22.0 Å². The van der Waals surface area contributed by atoms with Crippen molar-refractivity contribution >= 4 is 23.4 Å². The van der Waals surface area contributed by atoms with Crippen molar-refractivity contribution in [3.63, 3.8) is 0 Å². The van der Waals surface area contributed by atoms with Gasteiger partial charge in [0, 0.05) is 11.8 Å². The van der Waals surface area contributed by atoms with Gasteiger partial charge in [-0.05, 0) is 0 Å². The minimum atomic E-state index is -5.19. The Morgan fingerprint density at radius 1 is 1.09 bits per heavy atom. The highest BCUT2D eigenvalue weighted by Crippen LogP contribution is 2.46. The summed E-state index contributed by atoms with van der Waals surface area (Å²) in [6.45, 7) is 0. The van der Waals surface area contributed by atoms with Gasteiger partial charge in [-0.25, -0.2) is 4.39 Å². The third kappa shape index (κ3) is 4.62. The molecule has 0 heterocycles. The topological polar surface area (TPSA) is 0 Å². The fourth-order valence-corrected chi connectivity index (χ4v) is 0.730. The second kappa shape index (κ2) is 3.30. The Bertz CT molecular complexity index is 130. The predicted octanol–water partition coefficient (Wildman–Crippen LogP) is 3.37. The number of rotatable bonds is 2. The standard InChI is InChI=1S/C3HClF6S/c4-1(5)2(6,7)11-3(8,9)10/h1H. The summed E-state index contributed by atoms with van der Waals surface area (Å²) in [5, 5.41) is -4.63. The molecule has 0 saturated heterocycles. The highest BCUT2D eigenvalue weighted by atomic mass is 35.5. The van der Waals surface area contributed by atoms with E-state index in [1.165, 1.54) is 0 Å². The Morgan fingerprint density at radius 2 is 1.45 bits per heavy atom. The Morgan fingerprint density at radius 3 is 1.55 bits per heavy atom. The molecule has 0 spiro atoms.